The van der Waals surface area contributed by atoms with E-state index in [1.54, 1.807) is 12.1 Å². The third-order valence-electron chi connectivity index (χ3n) is 4.71. The molecule has 0 spiro atoms. The molecule has 0 saturated heterocycles. The summed E-state index contributed by atoms with van der Waals surface area (Å²) in [5, 5.41) is 3.81. The Hall–Kier alpha value is -2.60. The standard InChI is InChI=1S/C20H18FN3OS/c1-13-17-6-9-24(20(25)15-8-11-26-12-15)10-7-18(17)23-19(22-13)14-2-4-16(21)5-3-14/h2-5,8,11-12H,6-7,9-10H2,1H3. The highest BCUT2D eigenvalue weighted by atomic mass is 32.1. The summed E-state index contributed by atoms with van der Waals surface area (Å²) in [4.78, 5) is 23.9. The molecule has 4 rings (SSSR count). The van der Waals surface area contributed by atoms with E-state index in [2.05, 4.69) is 4.98 Å². The lowest BCUT2D eigenvalue weighted by Crippen LogP contribution is -2.33. The first-order valence-electron chi connectivity index (χ1n) is 8.55. The molecule has 3 heterocycles. The van der Waals surface area contributed by atoms with Crippen LogP contribution in [0.1, 0.15) is 27.3 Å². The van der Waals surface area contributed by atoms with Gasteiger partial charge in [-0.15, -0.1) is 0 Å². The SMILES string of the molecule is Cc1nc(-c2ccc(F)cc2)nc2c1CCN(C(=O)c1ccsc1)CC2. The van der Waals surface area contributed by atoms with Crippen LogP contribution in [0, 0.1) is 12.7 Å². The van der Waals surface area contributed by atoms with Gasteiger partial charge in [-0.05, 0) is 54.6 Å². The van der Waals surface area contributed by atoms with E-state index in [0.29, 0.717) is 25.3 Å². The third-order valence-corrected chi connectivity index (χ3v) is 5.39. The van der Waals surface area contributed by atoms with E-state index in [-0.39, 0.29) is 11.7 Å². The quantitative estimate of drug-likeness (QED) is 0.690. The fraction of sp³-hybridized carbons (Fsp3) is 0.250. The van der Waals surface area contributed by atoms with Crippen LogP contribution in [-0.2, 0) is 12.8 Å². The molecule has 0 atom stereocenters. The monoisotopic (exact) mass is 367 g/mol. The van der Waals surface area contributed by atoms with E-state index >= 15 is 0 Å². The molecule has 0 saturated carbocycles. The number of thiophene rings is 1. The van der Waals surface area contributed by atoms with Gasteiger partial charge >= 0.3 is 0 Å². The summed E-state index contributed by atoms with van der Waals surface area (Å²) in [6.45, 7) is 3.28. The van der Waals surface area contributed by atoms with Gasteiger partial charge in [-0.3, -0.25) is 4.79 Å². The maximum absolute atomic E-state index is 13.2. The molecule has 4 nitrogen and oxygen atoms in total. The Morgan fingerprint density at radius 3 is 2.62 bits per heavy atom. The largest absolute Gasteiger partial charge is 0.338 e. The predicted octanol–water partition coefficient (Wildman–Crippen LogP) is 3.89. The molecule has 0 radical (unpaired) electrons. The first-order valence-corrected chi connectivity index (χ1v) is 9.50. The summed E-state index contributed by atoms with van der Waals surface area (Å²) >= 11 is 1.53. The lowest BCUT2D eigenvalue weighted by Gasteiger charge is -2.19. The van der Waals surface area contributed by atoms with Gasteiger partial charge in [-0.1, -0.05) is 0 Å². The van der Waals surface area contributed by atoms with Crippen LogP contribution < -0.4 is 0 Å². The number of hydrogen-bond acceptors (Lipinski definition) is 4. The molecule has 0 bridgehead atoms. The zero-order valence-corrected chi connectivity index (χ0v) is 15.2. The minimum atomic E-state index is -0.275. The second kappa shape index (κ2) is 6.96. The molecule has 132 valence electrons. The Morgan fingerprint density at radius 1 is 1.12 bits per heavy atom. The zero-order valence-electron chi connectivity index (χ0n) is 14.4. The summed E-state index contributed by atoms with van der Waals surface area (Å²) in [6.07, 6.45) is 1.45. The van der Waals surface area contributed by atoms with Crippen molar-refractivity contribution in [3.8, 4) is 11.4 Å². The van der Waals surface area contributed by atoms with Crippen molar-refractivity contribution in [1.29, 1.82) is 0 Å². The number of halogens is 1. The van der Waals surface area contributed by atoms with Gasteiger partial charge in [0.25, 0.3) is 5.91 Å². The highest BCUT2D eigenvalue weighted by molar-refractivity contribution is 7.08. The average Bonchev–Trinajstić information content (AvgIpc) is 3.09. The summed E-state index contributed by atoms with van der Waals surface area (Å²) in [5.41, 5.74) is 4.58. The van der Waals surface area contributed by atoms with Crippen molar-refractivity contribution in [2.24, 2.45) is 0 Å². The van der Waals surface area contributed by atoms with Gasteiger partial charge in [0.1, 0.15) is 5.82 Å². The molecule has 6 heteroatoms. The van der Waals surface area contributed by atoms with Gasteiger partial charge in [-0.25, -0.2) is 14.4 Å². The van der Waals surface area contributed by atoms with Gasteiger partial charge in [0, 0.05) is 41.8 Å². The molecule has 0 aliphatic carbocycles. The minimum absolute atomic E-state index is 0.0726. The Kier molecular flexibility index (Phi) is 4.51. The molecular weight excluding hydrogens is 349 g/mol. The number of benzene rings is 1. The Labute approximate surface area is 155 Å². The predicted molar refractivity (Wildman–Crippen MR) is 99.8 cm³/mol. The smallest absolute Gasteiger partial charge is 0.254 e. The lowest BCUT2D eigenvalue weighted by molar-refractivity contribution is 0.0763. The number of fused-ring (bicyclic) bond motifs is 1. The average molecular weight is 367 g/mol. The first kappa shape index (κ1) is 16.8. The number of aromatic nitrogens is 2. The van der Waals surface area contributed by atoms with E-state index in [4.69, 9.17) is 4.98 Å². The summed E-state index contributed by atoms with van der Waals surface area (Å²) in [6, 6.07) is 8.09. The normalized spacial score (nSPS) is 14.0. The van der Waals surface area contributed by atoms with Crippen LogP contribution in [0.15, 0.2) is 41.1 Å². The highest BCUT2D eigenvalue weighted by Gasteiger charge is 2.23. The summed E-state index contributed by atoms with van der Waals surface area (Å²) in [5.74, 6) is 0.408. The molecule has 2 aromatic heterocycles. The van der Waals surface area contributed by atoms with Crippen molar-refractivity contribution >= 4 is 17.2 Å². The van der Waals surface area contributed by atoms with E-state index in [0.717, 1.165) is 34.5 Å². The molecule has 1 aromatic carbocycles. The van der Waals surface area contributed by atoms with Crippen molar-refractivity contribution in [1.82, 2.24) is 14.9 Å². The first-order chi connectivity index (χ1) is 12.6. The van der Waals surface area contributed by atoms with Crippen LogP contribution in [0.5, 0.6) is 0 Å². The number of hydrogen-bond donors (Lipinski definition) is 0. The second-order valence-corrected chi connectivity index (χ2v) is 7.15. The fourth-order valence-corrected chi connectivity index (χ4v) is 3.92. The lowest BCUT2D eigenvalue weighted by atomic mass is 10.1. The number of rotatable bonds is 2. The number of carbonyl (C=O) groups is 1. The summed E-state index contributed by atoms with van der Waals surface area (Å²) < 4.78 is 13.2. The van der Waals surface area contributed by atoms with Gasteiger partial charge in [0.05, 0.1) is 5.56 Å². The maximum Gasteiger partial charge on any atom is 0.254 e. The van der Waals surface area contributed by atoms with Crippen LogP contribution in [0.3, 0.4) is 0 Å². The number of nitrogens with zero attached hydrogens (tertiary/aromatic N) is 3. The molecular formula is C20H18FN3OS. The molecule has 1 aliphatic heterocycles. The minimum Gasteiger partial charge on any atom is -0.338 e. The number of carbonyl (C=O) groups excluding carboxylic acids is 1. The third kappa shape index (κ3) is 3.24. The maximum atomic E-state index is 13.2. The van der Waals surface area contributed by atoms with Crippen LogP contribution in [0.25, 0.3) is 11.4 Å². The van der Waals surface area contributed by atoms with Gasteiger partial charge < -0.3 is 4.90 Å². The molecule has 0 unspecified atom stereocenters. The molecule has 0 N–H and O–H groups in total. The van der Waals surface area contributed by atoms with E-state index < -0.39 is 0 Å². The van der Waals surface area contributed by atoms with Crippen molar-refractivity contribution in [2.45, 2.75) is 19.8 Å². The van der Waals surface area contributed by atoms with Crippen molar-refractivity contribution in [3.63, 3.8) is 0 Å². The van der Waals surface area contributed by atoms with Gasteiger partial charge in [0.15, 0.2) is 5.82 Å². The van der Waals surface area contributed by atoms with E-state index in [1.165, 1.54) is 23.5 Å². The molecule has 1 amide bonds. The molecule has 0 fully saturated rings. The summed E-state index contributed by atoms with van der Waals surface area (Å²) in [7, 11) is 0. The van der Waals surface area contributed by atoms with Gasteiger partial charge in [0.2, 0.25) is 0 Å². The molecule has 26 heavy (non-hydrogen) atoms. The number of aryl methyl sites for hydroxylation is 1. The van der Waals surface area contributed by atoms with E-state index in [9.17, 15) is 9.18 Å². The van der Waals surface area contributed by atoms with Crippen molar-refractivity contribution in [2.75, 3.05) is 13.1 Å². The fourth-order valence-electron chi connectivity index (χ4n) is 3.29. The molecule has 3 aromatic rings. The van der Waals surface area contributed by atoms with Crippen LogP contribution in [0.2, 0.25) is 0 Å². The van der Waals surface area contributed by atoms with Crippen LogP contribution in [0.4, 0.5) is 4.39 Å². The second-order valence-electron chi connectivity index (χ2n) is 6.37. The van der Waals surface area contributed by atoms with Crippen LogP contribution >= 0.6 is 11.3 Å². The van der Waals surface area contributed by atoms with Crippen LogP contribution in [-0.4, -0.2) is 33.9 Å². The number of amides is 1. The van der Waals surface area contributed by atoms with Crippen molar-refractivity contribution < 1.29 is 9.18 Å². The van der Waals surface area contributed by atoms with Gasteiger partial charge in [-0.2, -0.15) is 11.3 Å². The topological polar surface area (TPSA) is 46.1 Å². The Bertz CT molecular complexity index is 938. The Balaban J connectivity index is 1.61. The van der Waals surface area contributed by atoms with E-state index in [1.807, 2.05) is 28.7 Å². The molecule has 1 aliphatic rings. The Morgan fingerprint density at radius 2 is 1.88 bits per heavy atom. The zero-order chi connectivity index (χ0) is 18.1. The van der Waals surface area contributed by atoms with Crippen molar-refractivity contribution in [3.05, 3.63) is 69.4 Å². The highest BCUT2D eigenvalue weighted by Crippen LogP contribution is 2.23.